The quantitative estimate of drug-likeness (QED) is 0.671. The molecule has 4 nitrogen and oxygen atoms in total. The number of halogens is 4. The molecule has 0 aromatic heterocycles. The van der Waals surface area contributed by atoms with Crippen molar-refractivity contribution in [3.63, 3.8) is 0 Å². The van der Waals surface area contributed by atoms with Crippen LogP contribution in [0.15, 0.2) is 36.4 Å². The molecule has 0 aliphatic carbocycles. The normalized spacial score (nSPS) is 22.7. The fourth-order valence-electron chi connectivity index (χ4n) is 4.82. The summed E-state index contributed by atoms with van der Waals surface area (Å²) in [7, 11) is 0. The van der Waals surface area contributed by atoms with Crippen LogP contribution in [-0.4, -0.2) is 36.6 Å². The lowest BCUT2D eigenvalue weighted by molar-refractivity contribution is -0.149. The van der Waals surface area contributed by atoms with Gasteiger partial charge in [0.1, 0.15) is 6.54 Å². The highest BCUT2D eigenvalue weighted by Gasteiger charge is 2.48. The molecule has 8 heteroatoms. The van der Waals surface area contributed by atoms with Gasteiger partial charge in [-0.3, -0.25) is 4.79 Å². The van der Waals surface area contributed by atoms with E-state index in [-0.39, 0.29) is 0 Å². The van der Waals surface area contributed by atoms with Gasteiger partial charge in [-0.2, -0.15) is 13.2 Å². The first-order valence-corrected chi connectivity index (χ1v) is 10.6. The average Bonchev–Trinajstić information content (AvgIpc) is 3.21. The van der Waals surface area contributed by atoms with Gasteiger partial charge in [0.2, 0.25) is 0 Å². The monoisotopic (exact) mass is 451 g/mol. The van der Waals surface area contributed by atoms with Crippen LogP contribution in [0.5, 0.6) is 0 Å². The Hall–Kier alpha value is -2.25. The minimum absolute atomic E-state index is 0.308. The van der Waals surface area contributed by atoms with Gasteiger partial charge in [0.25, 0.3) is 5.91 Å². The second kappa shape index (κ2) is 7.41. The molecular weight excluding hydrogens is 427 g/mol. The molecule has 1 fully saturated rings. The molecule has 1 atom stereocenters. The summed E-state index contributed by atoms with van der Waals surface area (Å²) in [6.45, 7) is 5.48. The summed E-state index contributed by atoms with van der Waals surface area (Å²) in [6.07, 6.45) is -3.65. The first-order chi connectivity index (χ1) is 14.4. The van der Waals surface area contributed by atoms with E-state index in [4.69, 9.17) is 11.6 Å². The van der Waals surface area contributed by atoms with E-state index in [2.05, 4.69) is 10.6 Å². The highest BCUT2D eigenvalue weighted by molar-refractivity contribution is 6.31. The molecule has 166 valence electrons. The fourth-order valence-corrected chi connectivity index (χ4v) is 5.00. The van der Waals surface area contributed by atoms with E-state index in [1.807, 2.05) is 31.2 Å². The lowest BCUT2D eigenvalue weighted by atomic mass is 9.85. The molecule has 2 heterocycles. The highest BCUT2D eigenvalue weighted by Crippen LogP contribution is 2.43. The Morgan fingerprint density at radius 3 is 2.58 bits per heavy atom. The smallest absolute Gasteiger partial charge is 0.374 e. The topological polar surface area (TPSA) is 44.4 Å². The third-order valence-electron chi connectivity index (χ3n) is 6.49. The number of hydrogen-bond acceptors (Lipinski definition) is 3. The molecule has 0 spiro atoms. The van der Waals surface area contributed by atoms with Gasteiger partial charge in [-0.25, -0.2) is 0 Å². The van der Waals surface area contributed by atoms with Crippen LogP contribution in [-0.2, 0) is 11.1 Å². The van der Waals surface area contributed by atoms with E-state index >= 15 is 0 Å². The molecule has 0 saturated carbocycles. The van der Waals surface area contributed by atoms with Crippen molar-refractivity contribution in [2.75, 3.05) is 25.0 Å². The lowest BCUT2D eigenvalue weighted by Crippen LogP contribution is -2.44. The van der Waals surface area contributed by atoms with Crippen LogP contribution in [0.1, 0.15) is 47.3 Å². The number of benzene rings is 2. The van der Waals surface area contributed by atoms with Gasteiger partial charge in [0.05, 0.1) is 11.1 Å². The summed E-state index contributed by atoms with van der Waals surface area (Å²) in [5.74, 6) is -0.599. The number of nitrogens with zero attached hydrogens (tertiary/aromatic N) is 1. The summed E-state index contributed by atoms with van der Waals surface area (Å²) >= 11 is 6.36. The molecule has 4 rings (SSSR count). The van der Waals surface area contributed by atoms with E-state index in [0.29, 0.717) is 28.4 Å². The first kappa shape index (κ1) is 22.0. The Morgan fingerprint density at radius 1 is 1.19 bits per heavy atom. The second-order valence-electron chi connectivity index (χ2n) is 8.87. The summed E-state index contributed by atoms with van der Waals surface area (Å²) in [5, 5.41) is 7.63. The summed E-state index contributed by atoms with van der Waals surface area (Å²) in [5.41, 5.74) is 2.20. The first-order valence-electron chi connectivity index (χ1n) is 10.2. The number of carbonyl (C=O) groups excluding carboxylic acids is 1. The van der Waals surface area contributed by atoms with Gasteiger partial charge in [-0.15, -0.1) is 0 Å². The number of rotatable bonds is 4. The van der Waals surface area contributed by atoms with Gasteiger partial charge in [0, 0.05) is 22.8 Å². The maximum Gasteiger partial charge on any atom is 0.406 e. The number of hydrogen-bond donors (Lipinski definition) is 2. The Bertz CT molecular complexity index is 1030. The van der Waals surface area contributed by atoms with Crippen LogP contribution in [0.2, 0.25) is 5.02 Å². The van der Waals surface area contributed by atoms with Crippen molar-refractivity contribution in [1.82, 2.24) is 10.2 Å². The number of fused-ring (bicyclic) bond motifs is 1. The fraction of sp³-hybridized carbons (Fsp3) is 0.435. The van der Waals surface area contributed by atoms with Crippen LogP contribution in [0.3, 0.4) is 0 Å². The molecule has 2 aromatic rings. The zero-order valence-corrected chi connectivity index (χ0v) is 18.4. The molecule has 31 heavy (non-hydrogen) atoms. The SMILES string of the molecule is Cc1c(Cl)cccc1C1(Nc2ccc3c(c2)C(=O)N(CC(F)(F)F)C3(C)C)CCNC1. The zero-order chi connectivity index (χ0) is 22.6. The summed E-state index contributed by atoms with van der Waals surface area (Å²) < 4.78 is 39.2. The second-order valence-corrected chi connectivity index (χ2v) is 9.28. The van der Waals surface area contributed by atoms with E-state index in [9.17, 15) is 18.0 Å². The van der Waals surface area contributed by atoms with Crippen LogP contribution >= 0.6 is 11.6 Å². The van der Waals surface area contributed by atoms with Crippen molar-refractivity contribution in [2.45, 2.75) is 44.4 Å². The molecular formula is C23H25ClF3N3O. The van der Waals surface area contributed by atoms with E-state index in [1.165, 1.54) is 0 Å². The number of nitrogens with one attached hydrogen (secondary N) is 2. The molecule has 2 aromatic carbocycles. The highest BCUT2D eigenvalue weighted by atomic mass is 35.5. The van der Waals surface area contributed by atoms with Crippen LogP contribution < -0.4 is 10.6 Å². The zero-order valence-electron chi connectivity index (χ0n) is 17.7. The van der Waals surface area contributed by atoms with E-state index in [1.54, 1.807) is 26.0 Å². The largest absolute Gasteiger partial charge is 0.406 e. The van der Waals surface area contributed by atoms with Crippen molar-refractivity contribution in [3.8, 4) is 0 Å². The molecule has 1 saturated heterocycles. The number of anilines is 1. The maximum absolute atomic E-state index is 13.1. The van der Waals surface area contributed by atoms with Crippen LogP contribution in [0.4, 0.5) is 18.9 Å². The Morgan fingerprint density at radius 2 is 1.94 bits per heavy atom. The summed E-state index contributed by atoms with van der Waals surface area (Å²) in [4.78, 5) is 13.8. The molecule has 0 radical (unpaired) electrons. The van der Waals surface area contributed by atoms with Crippen LogP contribution in [0.25, 0.3) is 0 Å². The van der Waals surface area contributed by atoms with E-state index < -0.39 is 29.7 Å². The standard InChI is InChI=1S/C23H25ClF3N3O/c1-14-17(5-4-6-19(14)24)22(9-10-28-12-22)29-15-7-8-18-16(11-15)20(31)30(21(18,2)3)13-23(25,26)27/h4-8,11,28-29H,9-10,12-13H2,1-3H3. The number of amides is 1. The molecule has 2 aliphatic heterocycles. The third-order valence-corrected chi connectivity index (χ3v) is 6.90. The predicted octanol–water partition coefficient (Wildman–Crippen LogP) is 5.20. The maximum atomic E-state index is 13.1. The van der Waals surface area contributed by atoms with Crippen molar-refractivity contribution in [2.24, 2.45) is 0 Å². The molecule has 2 aliphatic rings. The third kappa shape index (κ3) is 3.78. The van der Waals surface area contributed by atoms with E-state index in [0.717, 1.165) is 29.0 Å². The van der Waals surface area contributed by atoms with Gasteiger partial charge >= 0.3 is 6.18 Å². The van der Waals surface area contributed by atoms with Crippen LogP contribution in [0, 0.1) is 6.92 Å². The van der Waals surface area contributed by atoms with Gasteiger partial charge in [0.15, 0.2) is 0 Å². The summed E-state index contributed by atoms with van der Waals surface area (Å²) in [6, 6.07) is 11.1. The van der Waals surface area contributed by atoms with Crippen molar-refractivity contribution in [1.29, 1.82) is 0 Å². The van der Waals surface area contributed by atoms with Crippen molar-refractivity contribution < 1.29 is 18.0 Å². The Balaban J connectivity index is 1.70. The van der Waals surface area contributed by atoms with Gasteiger partial charge in [-0.05, 0) is 68.6 Å². The Kier molecular flexibility index (Phi) is 5.25. The van der Waals surface area contributed by atoms with Gasteiger partial charge < -0.3 is 15.5 Å². The minimum atomic E-state index is -4.46. The molecule has 0 bridgehead atoms. The predicted molar refractivity (Wildman–Crippen MR) is 116 cm³/mol. The Labute approximate surface area is 184 Å². The molecule has 2 N–H and O–H groups in total. The van der Waals surface area contributed by atoms with Crippen molar-refractivity contribution >= 4 is 23.2 Å². The molecule has 1 amide bonds. The average molecular weight is 452 g/mol. The minimum Gasteiger partial charge on any atom is -0.374 e. The van der Waals surface area contributed by atoms with Gasteiger partial charge in [-0.1, -0.05) is 29.8 Å². The number of carbonyl (C=O) groups is 1. The number of alkyl halides is 3. The lowest BCUT2D eigenvalue weighted by Gasteiger charge is -2.34. The van der Waals surface area contributed by atoms with Crippen molar-refractivity contribution in [3.05, 3.63) is 63.7 Å². The molecule has 1 unspecified atom stereocenters.